The number of alkyl carbamates (subject to hydrolysis) is 1. The van der Waals surface area contributed by atoms with Crippen molar-refractivity contribution in [3.63, 3.8) is 0 Å². The second kappa shape index (κ2) is 8.33. The molecule has 7 nitrogen and oxygen atoms in total. The molecule has 0 heterocycles. The van der Waals surface area contributed by atoms with Crippen LogP contribution < -0.4 is 5.32 Å². The van der Waals surface area contributed by atoms with Gasteiger partial charge >= 0.3 is 6.09 Å². The van der Waals surface area contributed by atoms with Gasteiger partial charge in [0.15, 0.2) is 0 Å². The fourth-order valence-corrected chi connectivity index (χ4v) is 1.89. The molecule has 0 saturated heterocycles. The van der Waals surface area contributed by atoms with Gasteiger partial charge in [-0.25, -0.2) is 4.79 Å². The quantitative estimate of drug-likeness (QED) is 0.626. The predicted octanol–water partition coefficient (Wildman–Crippen LogP) is 3.24. The highest BCUT2D eigenvalue weighted by Gasteiger charge is 2.08. The number of amides is 1. The lowest BCUT2D eigenvalue weighted by molar-refractivity contribution is -0.384. The Morgan fingerprint density at radius 1 is 1.25 bits per heavy atom. The highest BCUT2D eigenvalue weighted by Crippen LogP contribution is 2.23. The van der Waals surface area contributed by atoms with Crippen molar-refractivity contribution in [1.29, 1.82) is 0 Å². The smallest absolute Gasteiger partial charge is 0.407 e. The SMILES string of the molecule is O=C(NCC=Cc1cc([N+](=O)[O-])ccc1O)OCc1ccccc1. The van der Waals surface area contributed by atoms with Crippen molar-refractivity contribution in [3.05, 3.63) is 75.8 Å². The van der Waals surface area contributed by atoms with E-state index in [1.54, 1.807) is 6.08 Å². The molecule has 0 fully saturated rings. The van der Waals surface area contributed by atoms with Crippen LogP contribution in [0.1, 0.15) is 11.1 Å². The van der Waals surface area contributed by atoms with E-state index < -0.39 is 11.0 Å². The Balaban J connectivity index is 1.81. The molecule has 0 spiro atoms. The van der Waals surface area contributed by atoms with Crippen molar-refractivity contribution in [2.75, 3.05) is 6.54 Å². The van der Waals surface area contributed by atoms with E-state index in [2.05, 4.69) is 5.32 Å². The average Bonchev–Trinajstić information content (AvgIpc) is 2.59. The maximum absolute atomic E-state index is 11.5. The molecule has 0 aliphatic carbocycles. The molecule has 124 valence electrons. The van der Waals surface area contributed by atoms with Gasteiger partial charge in [-0.15, -0.1) is 0 Å². The van der Waals surface area contributed by atoms with E-state index in [1.807, 2.05) is 30.3 Å². The lowest BCUT2D eigenvalue weighted by atomic mass is 10.1. The highest BCUT2D eigenvalue weighted by atomic mass is 16.6. The summed E-state index contributed by atoms with van der Waals surface area (Å²) in [6.45, 7) is 0.331. The minimum atomic E-state index is -0.577. The van der Waals surface area contributed by atoms with E-state index >= 15 is 0 Å². The van der Waals surface area contributed by atoms with Gasteiger partial charge in [0.25, 0.3) is 5.69 Å². The lowest BCUT2D eigenvalue weighted by Crippen LogP contribution is -2.24. The third kappa shape index (κ3) is 5.13. The molecule has 7 heteroatoms. The summed E-state index contributed by atoms with van der Waals surface area (Å²) in [4.78, 5) is 21.7. The Kier molecular flexibility index (Phi) is 5.90. The molecule has 0 unspecified atom stereocenters. The van der Waals surface area contributed by atoms with Crippen LogP contribution in [0.25, 0.3) is 6.08 Å². The van der Waals surface area contributed by atoms with Crippen LogP contribution in [0, 0.1) is 10.1 Å². The Hall–Kier alpha value is -3.35. The second-order valence-electron chi connectivity index (χ2n) is 4.85. The number of phenolic OH excluding ortho intramolecular Hbond substituents is 1. The van der Waals surface area contributed by atoms with Crippen LogP contribution in [0.2, 0.25) is 0 Å². The van der Waals surface area contributed by atoms with Gasteiger partial charge in [0.05, 0.1) is 4.92 Å². The Morgan fingerprint density at radius 2 is 2.00 bits per heavy atom. The minimum Gasteiger partial charge on any atom is -0.507 e. The molecule has 2 aromatic carbocycles. The molecule has 2 N–H and O–H groups in total. The Morgan fingerprint density at radius 3 is 2.71 bits per heavy atom. The zero-order valence-electron chi connectivity index (χ0n) is 12.7. The first-order valence-corrected chi connectivity index (χ1v) is 7.15. The van der Waals surface area contributed by atoms with Crippen LogP contribution in [0.3, 0.4) is 0 Å². The van der Waals surface area contributed by atoms with Crippen LogP contribution in [0.4, 0.5) is 10.5 Å². The van der Waals surface area contributed by atoms with Gasteiger partial charge in [0.1, 0.15) is 12.4 Å². The number of rotatable bonds is 6. The van der Waals surface area contributed by atoms with Crippen molar-refractivity contribution in [3.8, 4) is 5.75 Å². The maximum atomic E-state index is 11.5. The number of aromatic hydroxyl groups is 1. The molecule has 0 aliphatic rings. The molecular formula is C17H16N2O5. The summed E-state index contributed by atoms with van der Waals surface area (Å²) in [5.74, 6) is -0.0801. The van der Waals surface area contributed by atoms with Crippen LogP contribution in [0.5, 0.6) is 5.75 Å². The lowest BCUT2D eigenvalue weighted by Gasteiger charge is -2.05. The summed E-state index contributed by atoms with van der Waals surface area (Å²) >= 11 is 0. The first-order chi connectivity index (χ1) is 11.6. The Labute approximate surface area is 138 Å². The summed E-state index contributed by atoms with van der Waals surface area (Å²) in [6.07, 6.45) is 2.47. The van der Waals surface area contributed by atoms with Gasteiger partial charge in [0.2, 0.25) is 0 Å². The molecule has 2 aromatic rings. The van der Waals surface area contributed by atoms with E-state index in [1.165, 1.54) is 24.3 Å². The third-order valence-corrected chi connectivity index (χ3v) is 3.10. The van der Waals surface area contributed by atoms with Crippen LogP contribution in [0.15, 0.2) is 54.6 Å². The number of carbonyl (C=O) groups is 1. The van der Waals surface area contributed by atoms with Crippen molar-refractivity contribution >= 4 is 17.9 Å². The average molecular weight is 328 g/mol. The number of ether oxygens (including phenoxy) is 1. The van der Waals surface area contributed by atoms with Crippen molar-refractivity contribution in [1.82, 2.24) is 5.32 Å². The zero-order chi connectivity index (χ0) is 17.4. The molecular weight excluding hydrogens is 312 g/mol. The van der Waals surface area contributed by atoms with Gasteiger partial charge in [-0.3, -0.25) is 10.1 Å². The van der Waals surface area contributed by atoms with Gasteiger partial charge in [-0.2, -0.15) is 0 Å². The molecule has 0 aliphatic heterocycles. The highest BCUT2D eigenvalue weighted by molar-refractivity contribution is 5.68. The predicted molar refractivity (Wildman–Crippen MR) is 88.4 cm³/mol. The summed E-state index contributed by atoms with van der Waals surface area (Å²) in [5, 5.41) is 22.9. The van der Waals surface area contributed by atoms with Crippen molar-refractivity contribution < 1.29 is 19.6 Å². The molecule has 0 bridgehead atoms. The van der Waals surface area contributed by atoms with E-state index in [-0.39, 0.29) is 24.6 Å². The standard InChI is InChI=1S/C17H16N2O5/c20-16-9-8-15(19(22)23)11-14(16)7-4-10-18-17(21)24-12-13-5-2-1-3-6-13/h1-9,11,20H,10,12H2,(H,18,21). The largest absolute Gasteiger partial charge is 0.507 e. The second-order valence-corrected chi connectivity index (χ2v) is 4.85. The van der Waals surface area contributed by atoms with E-state index in [0.717, 1.165) is 5.56 Å². The molecule has 24 heavy (non-hydrogen) atoms. The van der Waals surface area contributed by atoms with Gasteiger partial charge in [-0.1, -0.05) is 42.5 Å². The number of nitrogens with zero attached hydrogens (tertiary/aromatic N) is 1. The normalized spacial score (nSPS) is 10.5. The van der Waals surface area contributed by atoms with Crippen LogP contribution in [-0.2, 0) is 11.3 Å². The fraction of sp³-hybridized carbons (Fsp3) is 0.118. The number of hydrogen-bond acceptors (Lipinski definition) is 5. The van der Waals surface area contributed by atoms with Crippen LogP contribution in [-0.4, -0.2) is 22.7 Å². The van der Waals surface area contributed by atoms with Crippen molar-refractivity contribution in [2.24, 2.45) is 0 Å². The number of non-ortho nitro benzene ring substituents is 1. The summed E-state index contributed by atoms with van der Waals surface area (Å²) in [5.41, 5.74) is 1.05. The number of nitro groups is 1. The monoisotopic (exact) mass is 328 g/mol. The zero-order valence-corrected chi connectivity index (χ0v) is 12.7. The number of carbonyl (C=O) groups excluding carboxylic acids is 1. The van der Waals surface area contributed by atoms with Crippen LogP contribution >= 0.6 is 0 Å². The first kappa shape index (κ1) is 17.0. The molecule has 0 atom stereocenters. The molecule has 0 aromatic heterocycles. The number of benzene rings is 2. The van der Waals surface area contributed by atoms with Gasteiger partial charge in [0, 0.05) is 24.2 Å². The van der Waals surface area contributed by atoms with Gasteiger partial charge < -0.3 is 15.2 Å². The molecule has 0 radical (unpaired) electrons. The number of nitro benzene ring substituents is 1. The van der Waals surface area contributed by atoms with E-state index in [4.69, 9.17) is 4.74 Å². The number of phenols is 1. The van der Waals surface area contributed by atoms with E-state index in [9.17, 15) is 20.0 Å². The number of hydrogen-bond donors (Lipinski definition) is 2. The maximum Gasteiger partial charge on any atom is 0.407 e. The summed E-state index contributed by atoms with van der Waals surface area (Å²) in [6, 6.07) is 13.0. The number of nitrogens with one attached hydrogen (secondary N) is 1. The topological polar surface area (TPSA) is 102 Å². The first-order valence-electron chi connectivity index (χ1n) is 7.15. The Bertz CT molecular complexity index is 744. The van der Waals surface area contributed by atoms with Crippen molar-refractivity contribution in [2.45, 2.75) is 6.61 Å². The molecule has 0 saturated carbocycles. The van der Waals surface area contributed by atoms with E-state index in [0.29, 0.717) is 5.56 Å². The minimum absolute atomic E-state index is 0.0801. The van der Waals surface area contributed by atoms with Gasteiger partial charge in [-0.05, 0) is 11.6 Å². The molecule has 1 amide bonds. The molecule has 2 rings (SSSR count). The summed E-state index contributed by atoms with van der Waals surface area (Å²) < 4.78 is 5.03. The fourth-order valence-electron chi connectivity index (χ4n) is 1.89. The summed E-state index contributed by atoms with van der Waals surface area (Å²) in [7, 11) is 0. The third-order valence-electron chi connectivity index (χ3n) is 3.10.